The molecule has 0 N–H and O–H groups in total. The number of pyridine rings is 1. The highest BCUT2D eigenvalue weighted by atomic mass is 16.4. The predicted octanol–water partition coefficient (Wildman–Crippen LogP) is 1.65. The van der Waals surface area contributed by atoms with Gasteiger partial charge in [-0.15, -0.1) is 0 Å². The lowest BCUT2D eigenvalue weighted by atomic mass is 10.2. The average molecular weight is 254 g/mol. The molecule has 0 fully saturated rings. The van der Waals surface area contributed by atoms with Crippen molar-refractivity contribution in [3.05, 3.63) is 69.1 Å². The smallest absolute Gasteiger partial charge is 0.372 e. The zero-order chi connectivity index (χ0) is 13.4. The van der Waals surface area contributed by atoms with E-state index in [0.717, 1.165) is 5.56 Å². The fraction of sp³-hybridized carbons (Fsp3) is 0.0714. The molecule has 0 saturated heterocycles. The Kier molecular flexibility index (Phi) is 2.52. The van der Waals surface area contributed by atoms with Crippen molar-refractivity contribution in [2.45, 2.75) is 6.92 Å². The van der Waals surface area contributed by atoms with Crippen LogP contribution in [0.2, 0.25) is 0 Å². The fourth-order valence-corrected chi connectivity index (χ4v) is 1.92. The van der Waals surface area contributed by atoms with Crippen molar-refractivity contribution < 1.29 is 4.42 Å². The molecule has 94 valence electrons. The van der Waals surface area contributed by atoms with Gasteiger partial charge in [0.15, 0.2) is 5.65 Å². The number of aromatic nitrogens is 2. The molecule has 0 amide bonds. The number of fused-ring (bicyclic) bond motifs is 1. The third kappa shape index (κ3) is 1.85. The van der Waals surface area contributed by atoms with Gasteiger partial charge in [-0.3, -0.25) is 0 Å². The van der Waals surface area contributed by atoms with Crippen LogP contribution in [0, 0.1) is 6.92 Å². The zero-order valence-electron chi connectivity index (χ0n) is 10.2. The minimum Gasteiger partial charge on any atom is -0.372 e. The van der Waals surface area contributed by atoms with Gasteiger partial charge in [0.2, 0.25) is 0 Å². The summed E-state index contributed by atoms with van der Waals surface area (Å²) in [6.07, 6.45) is 1.53. The summed E-state index contributed by atoms with van der Waals surface area (Å²) in [6, 6.07) is 10.5. The van der Waals surface area contributed by atoms with E-state index in [1.165, 1.54) is 10.8 Å². The van der Waals surface area contributed by atoms with Crippen LogP contribution in [0.3, 0.4) is 0 Å². The second kappa shape index (κ2) is 4.20. The lowest BCUT2D eigenvalue weighted by Crippen LogP contribution is -2.24. The summed E-state index contributed by atoms with van der Waals surface area (Å²) in [6.45, 7) is 1.95. The van der Waals surface area contributed by atoms with Gasteiger partial charge in [0.25, 0.3) is 0 Å². The van der Waals surface area contributed by atoms with E-state index in [-0.39, 0.29) is 5.39 Å². The van der Waals surface area contributed by atoms with Gasteiger partial charge in [0.05, 0.1) is 5.69 Å². The van der Waals surface area contributed by atoms with Crippen molar-refractivity contribution in [1.82, 2.24) is 9.55 Å². The van der Waals surface area contributed by atoms with E-state index < -0.39 is 11.4 Å². The lowest BCUT2D eigenvalue weighted by Gasteiger charge is -2.07. The van der Waals surface area contributed by atoms with Gasteiger partial charge in [-0.1, -0.05) is 17.7 Å². The first-order valence-corrected chi connectivity index (χ1v) is 5.75. The standard InChI is InChI=1S/C14H10N2O3/c1-9-4-6-10(7-5-9)16-12-11(3-2-8-15-12)13(17)19-14(16)18/h2-8H,1H3. The molecule has 5 heteroatoms. The molecule has 2 heterocycles. The van der Waals surface area contributed by atoms with E-state index in [2.05, 4.69) is 4.98 Å². The summed E-state index contributed by atoms with van der Waals surface area (Å²) in [5.41, 5.74) is 1.32. The van der Waals surface area contributed by atoms with Crippen LogP contribution in [0.25, 0.3) is 16.7 Å². The van der Waals surface area contributed by atoms with Gasteiger partial charge in [-0.25, -0.2) is 19.1 Å². The highest BCUT2D eigenvalue weighted by Gasteiger charge is 2.11. The zero-order valence-corrected chi connectivity index (χ0v) is 10.2. The van der Waals surface area contributed by atoms with Gasteiger partial charge in [-0.2, -0.15) is 0 Å². The molecule has 0 radical (unpaired) electrons. The second-order valence-electron chi connectivity index (χ2n) is 4.20. The Morgan fingerprint density at radius 3 is 2.58 bits per heavy atom. The highest BCUT2D eigenvalue weighted by Crippen LogP contribution is 2.12. The summed E-state index contributed by atoms with van der Waals surface area (Å²) in [4.78, 5) is 27.6. The molecule has 0 spiro atoms. The maximum Gasteiger partial charge on any atom is 0.428 e. The topological polar surface area (TPSA) is 65.1 Å². The molecular weight excluding hydrogens is 244 g/mol. The van der Waals surface area contributed by atoms with Gasteiger partial charge in [-0.05, 0) is 31.2 Å². The molecule has 3 aromatic rings. The Hall–Kier alpha value is -2.69. The number of hydrogen-bond donors (Lipinski definition) is 0. The van der Waals surface area contributed by atoms with Crippen LogP contribution in [0.5, 0.6) is 0 Å². The second-order valence-corrected chi connectivity index (χ2v) is 4.20. The third-order valence-corrected chi connectivity index (χ3v) is 2.87. The maximum atomic E-state index is 11.9. The van der Waals surface area contributed by atoms with Crippen molar-refractivity contribution in [3.8, 4) is 5.69 Å². The average Bonchev–Trinajstić information content (AvgIpc) is 2.41. The molecule has 3 rings (SSSR count). The molecule has 1 aromatic carbocycles. The number of aryl methyl sites for hydroxylation is 1. The SMILES string of the molecule is Cc1ccc(-n2c(=O)oc(=O)c3cccnc32)cc1. The molecule has 19 heavy (non-hydrogen) atoms. The Morgan fingerprint density at radius 1 is 1.11 bits per heavy atom. The van der Waals surface area contributed by atoms with Crippen LogP contribution >= 0.6 is 0 Å². The Bertz CT molecular complexity index is 860. The van der Waals surface area contributed by atoms with E-state index in [1.54, 1.807) is 24.3 Å². The van der Waals surface area contributed by atoms with E-state index >= 15 is 0 Å². The van der Waals surface area contributed by atoms with E-state index in [9.17, 15) is 9.59 Å². The van der Waals surface area contributed by atoms with Gasteiger partial charge in [0.1, 0.15) is 5.39 Å². The van der Waals surface area contributed by atoms with E-state index in [0.29, 0.717) is 11.3 Å². The number of hydrogen-bond acceptors (Lipinski definition) is 4. The molecule has 2 aromatic heterocycles. The molecular formula is C14H10N2O3. The Morgan fingerprint density at radius 2 is 1.84 bits per heavy atom. The third-order valence-electron chi connectivity index (χ3n) is 2.87. The molecule has 5 nitrogen and oxygen atoms in total. The summed E-state index contributed by atoms with van der Waals surface area (Å²) in [7, 11) is 0. The van der Waals surface area contributed by atoms with Crippen molar-refractivity contribution in [2.75, 3.05) is 0 Å². The first-order chi connectivity index (χ1) is 9.16. The molecule has 0 atom stereocenters. The largest absolute Gasteiger partial charge is 0.428 e. The molecule has 0 unspecified atom stereocenters. The fourth-order valence-electron chi connectivity index (χ4n) is 1.92. The maximum absolute atomic E-state index is 11.9. The van der Waals surface area contributed by atoms with E-state index in [1.807, 2.05) is 19.1 Å². The van der Waals surface area contributed by atoms with Crippen molar-refractivity contribution >= 4 is 11.0 Å². The van der Waals surface area contributed by atoms with Crippen molar-refractivity contribution in [2.24, 2.45) is 0 Å². The van der Waals surface area contributed by atoms with Crippen LogP contribution in [-0.2, 0) is 0 Å². The predicted molar refractivity (Wildman–Crippen MR) is 70.6 cm³/mol. The first-order valence-electron chi connectivity index (χ1n) is 5.75. The van der Waals surface area contributed by atoms with Crippen molar-refractivity contribution in [3.63, 3.8) is 0 Å². The number of rotatable bonds is 1. The van der Waals surface area contributed by atoms with Crippen LogP contribution in [0.15, 0.2) is 56.6 Å². The monoisotopic (exact) mass is 254 g/mol. The minimum absolute atomic E-state index is 0.280. The first kappa shape index (κ1) is 11.4. The minimum atomic E-state index is -0.736. The Balaban J connectivity index is 2.44. The highest BCUT2D eigenvalue weighted by molar-refractivity contribution is 5.74. The summed E-state index contributed by atoms with van der Waals surface area (Å²) in [5, 5.41) is 0.280. The molecule has 0 aliphatic rings. The lowest BCUT2D eigenvalue weighted by molar-refractivity contribution is 0.443. The van der Waals surface area contributed by atoms with Crippen LogP contribution in [0.4, 0.5) is 0 Å². The molecule has 0 saturated carbocycles. The molecule has 0 bridgehead atoms. The molecule has 0 aliphatic carbocycles. The normalized spacial score (nSPS) is 10.8. The van der Waals surface area contributed by atoms with Crippen LogP contribution < -0.4 is 11.4 Å². The summed E-state index contributed by atoms with van der Waals surface area (Å²) >= 11 is 0. The quantitative estimate of drug-likeness (QED) is 0.662. The van der Waals surface area contributed by atoms with Crippen LogP contribution in [0.1, 0.15) is 5.56 Å². The van der Waals surface area contributed by atoms with Crippen LogP contribution in [-0.4, -0.2) is 9.55 Å². The number of nitrogens with zero attached hydrogens (tertiary/aromatic N) is 2. The van der Waals surface area contributed by atoms with E-state index in [4.69, 9.17) is 4.42 Å². The summed E-state index contributed by atoms with van der Waals surface area (Å²) in [5.74, 6) is -0.736. The van der Waals surface area contributed by atoms with Gasteiger partial charge < -0.3 is 4.42 Å². The number of benzene rings is 1. The van der Waals surface area contributed by atoms with Gasteiger partial charge in [0, 0.05) is 6.20 Å². The summed E-state index contributed by atoms with van der Waals surface area (Å²) < 4.78 is 6.01. The molecule has 0 aliphatic heterocycles. The Labute approximate surface area is 107 Å². The van der Waals surface area contributed by atoms with Gasteiger partial charge >= 0.3 is 11.4 Å². The van der Waals surface area contributed by atoms with Crippen molar-refractivity contribution in [1.29, 1.82) is 0 Å².